The van der Waals surface area contributed by atoms with Crippen molar-refractivity contribution in [2.45, 2.75) is 33.1 Å². The van der Waals surface area contributed by atoms with E-state index in [0.717, 1.165) is 27.6 Å². The molecule has 2 heterocycles. The van der Waals surface area contributed by atoms with Gasteiger partial charge in [-0.3, -0.25) is 14.6 Å². The minimum Gasteiger partial charge on any atom is -0.343 e. The van der Waals surface area contributed by atoms with Crippen molar-refractivity contribution in [3.8, 4) is 11.1 Å². The van der Waals surface area contributed by atoms with Crippen LogP contribution in [0.25, 0.3) is 22.0 Å². The van der Waals surface area contributed by atoms with E-state index in [9.17, 15) is 9.59 Å². The number of likely N-dealkylation sites (tertiary alicyclic amines) is 1. The molecule has 0 saturated carbocycles. The third kappa shape index (κ3) is 3.80. The van der Waals surface area contributed by atoms with E-state index in [4.69, 9.17) is 0 Å². The number of amides is 1. The molecule has 0 radical (unpaired) electrons. The third-order valence-corrected chi connectivity index (χ3v) is 6.14. The Morgan fingerprint density at radius 2 is 1.69 bits per heavy atom. The molecule has 4 rings (SSSR count). The maximum absolute atomic E-state index is 13.2. The maximum atomic E-state index is 13.2. The molecule has 1 aromatic heterocycles. The van der Waals surface area contributed by atoms with Crippen molar-refractivity contribution in [2.24, 2.45) is 5.41 Å². The van der Waals surface area contributed by atoms with Crippen molar-refractivity contribution in [1.82, 2.24) is 9.88 Å². The number of Topliss-reactive ketones (excluding diaryl/α,β-unsaturated/α-hetero) is 1. The Labute approximate surface area is 171 Å². The maximum Gasteiger partial charge on any atom is 0.222 e. The number of benzene rings is 2. The number of rotatable bonds is 4. The molecule has 1 fully saturated rings. The van der Waals surface area contributed by atoms with Crippen LogP contribution in [0.15, 0.2) is 60.8 Å². The molecule has 1 aliphatic rings. The minimum absolute atomic E-state index is 0.171. The Hall–Kier alpha value is -3.01. The first-order valence-corrected chi connectivity index (χ1v) is 10.3. The van der Waals surface area contributed by atoms with Crippen molar-refractivity contribution in [1.29, 1.82) is 0 Å². The number of piperidine rings is 1. The lowest BCUT2D eigenvalue weighted by molar-refractivity contribution is -0.132. The van der Waals surface area contributed by atoms with E-state index in [-0.39, 0.29) is 11.7 Å². The van der Waals surface area contributed by atoms with Crippen LogP contribution in [0.1, 0.15) is 43.5 Å². The van der Waals surface area contributed by atoms with Crippen LogP contribution < -0.4 is 0 Å². The third-order valence-electron chi connectivity index (χ3n) is 6.14. The summed E-state index contributed by atoms with van der Waals surface area (Å²) in [6, 6.07) is 18.0. The van der Waals surface area contributed by atoms with Crippen LogP contribution in [0.3, 0.4) is 0 Å². The van der Waals surface area contributed by atoms with Crippen LogP contribution in [0, 0.1) is 5.41 Å². The molecule has 3 aromatic rings. The van der Waals surface area contributed by atoms with E-state index < -0.39 is 5.41 Å². The lowest BCUT2D eigenvalue weighted by Crippen LogP contribution is -2.45. The summed E-state index contributed by atoms with van der Waals surface area (Å²) in [5.41, 5.74) is 3.40. The lowest BCUT2D eigenvalue weighted by Gasteiger charge is -2.38. The predicted molar refractivity (Wildman–Crippen MR) is 116 cm³/mol. The second-order valence-corrected chi connectivity index (χ2v) is 8.12. The summed E-state index contributed by atoms with van der Waals surface area (Å²) in [6.45, 7) is 5.24. The fourth-order valence-corrected chi connectivity index (χ4v) is 4.09. The number of para-hydroxylation sites is 1. The Morgan fingerprint density at radius 1 is 1.00 bits per heavy atom. The molecule has 0 unspecified atom stereocenters. The Balaban J connectivity index is 1.51. The molecule has 1 amide bonds. The molecule has 2 aromatic carbocycles. The SMILES string of the molecule is CCC(=O)N1CCC(C)(C(=O)c2ccc(-c3cnc4ccccc4c3)cc2)CC1. The number of hydrogen-bond acceptors (Lipinski definition) is 3. The quantitative estimate of drug-likeness (QED) is 0.585. The van der Waals surface area contributed by atoms with E-state index in [1.807, 2.05) is 67.4 Å². The van der Waals surface area contributed by atoms with Gasteiger partial charge in [0.25, 0.3) is 0 Å². The molecule has 0 spiro atoms. The van der Waals surface area contributed by atoms with Crippen LogP contribution in [-0.4, -0.2) is 34.7 Å². The lowest BCUT2D eigenvalue weighted by atomic mass is 9.74. The molecule has 148 valence electrons. The zero-order valence-electron chi connectivity index (χ0n) is 17.0. The summed E-state index contributed by atoms with van der Waals surface area (Å²) >= 11 is 0. The Kier molecular flexibility index (Phi) is 5.18. The first-order chi connectivity index (χ1) is 14.0. The number of aromatic nitrogens is 1. The highest BCUT2D eigenvalue weighted by atomic mass is 16.2. The second-order valence-electron chi connectivity index (χ2n) is 8.12. The van der Waals surface area contributed by atoms with Gasteiger partial charge in [-0.15, -0.1) is 0 Å². The summed E-state index contributed by atoms with van der Waals surface area (Å²) in [6.07, 6.45) is 3.83. The van der Waals surface area contributed by atoms with Gasteiger partial charge >= 0.3 is 0 Å². The standard InChI is InChI=1S/C25H26N2O2/c1-3-23(28)27-14-12-25(2,13-15-27)24(29)19-10-8-18(9-11-19)21-16-20-6-4-5-7-22(20)26-17-21/h4-11,16-17H,3,12-15H2,1-2H3. The van der Waals surface area contributed by atoms with Crippen LogP contribution >= 0.6 is 0 Å². The predicted octanol–water partition coefficient (Wildman–Crippen LogP) is 5.12. The fourth-order valence-electron chi connectivity index (χ4n) is 4.09. The van der Waals surface area contributed by atoms with Gasteiger partial charge in [0, 0.05) is 47.6 Å². The Morgan fingerprint density at radius 3 is 2.38 bits per heavy atom. The number of fused-ring (bicyclic) bond motifs is 1. The molecule has 0 atom stereocenters. The molecule has 0 bridgehead atoms. The van der Waals surface area contributed by atoms with Gasteiger partial charge in [0.15, 0.2) is 5.78 Å². The summed E-state index contributed by atoms with van der Waals surface area (Å²) in [5.74, 6) is 0.345. The molecule has 4 heteroatoms. The van der Waals surface area contributed by atoms with E-state index in [1.165, 1.54) is 0 Å². The molecule has 0 aliphatic carbocycles. The summed E-state index contributed by atoms with van der Waals surface area (Å²) in [4.78, 5) is 31.5. The van der Waals surface area contributed by atoms with Crippen LogP contribution in [0.5, 0.6) is 0 Å². The zero-order valence-corrected chi connectivity index (χ0v) is 17.0. The average molecular weight is 386 g/mol. The number of nitrogens with zero attached hydrogens (tertiary/aromatic N) is 2. The van der Waals surface area contributed by atoms with Gasteiger partial charge in [-0.1, -0.05) is 56.3 Å². The van der Waals surface area contributed by atoms with Gasteiger partial charge in [0.05, 0.1) is 5.52 Å². The largest absolute Gasteiger partial charge is 0.343 e. The molecular weight excluding hydrogens is 360 g/mol. The van der Waals surface area contributed by atoms with E-state index >= 15 is 0 Å². The van der Waals surface area contributed by atoms with Crippen LogP contribution in [-0.2, 0) is 4.79 Å². The van der Waals surface area contributed by atoms with Crippen LogP contribution in [0.2, 0.25) is 0 Å². The van der Waals surface area contributed by atoms with Crippen LogP contribution in [0.4, 0.5) is 0 Å². The topological polar surface area (TPSA) is 50.3 Å². The summed E-state index contributed by atoms with van der Waals surface area (Å²) < 4.78 is 0. The summed E-state index contributed by atoms with van der Waals surface area (Å²) in [5, 5.41) is 1.10. The highest BCUT2D eigenvalue weighted by Crippen LogP contribution is 2.35. The fraction of sp³-hybridized carbons (Fsp3) is 0.320. The van der Waals surface area contributed by atoms with Crippen molar-refractivity contribution in [3.63, 3.8) is 0 Å². The van der Waals surface area contributed by atoms with Crippen molar-refractivity contribution in [3.05, 3.63) is 66.4 Å². The number of carbonyl (C=O) groups excluding carboxylic acids is 2. The van der Waals surface area contributed by atoms with Crippen molar-refractivity contribution in [2.75, 3.05) is 13.1 Å². The van der Waals surface area contributed by atoms with Gasteiger partial charge in [-0.25, -0.2) is 0 Å². The van der Waals surface area contributed by atoms with Gasteiger partial charge in [-0.05, 0) is 30.5 Å². The molecular formula is C25H26N2O2. The highest BCUT2D eigenvalue weighted by molar-refractivity contribution is 6.01. The van der Waals surface area contributed by atoms with Gasteiger partial charge in [0.1, 0.15) is 0 Å². The second kappa shape index (κ2) is 7.78. The Bertz CT molecular complexity index is 1050. The average Bonchev–Trinajstić information content (AvgIpc) is 2.78. The number of pyridine rings is 1. The molecule has 29 heavy (non-hydrogen) atoms. The van der Waals surface area contributed by atoms with E-state index in [1.54, 1.807) is 0 Å². The van der Waals surface area contributed by atoms with Gasteiger partial charge in [-0.2, -0.15) is 0 Å². The minimum atomic E-state index is -0.406. The monoisotopic (exact) mass is 386 g/mol. The normalized spacial score (nSPS) is 16.0. The van der Waals surface area contributed by atoms with Crippen molar-refractivity contribution < 1.29 is 9.59 Å². The van der Waals surface area contributed by atoms with E-state index in [0.29, 0.717) is 32.4 Å². The molecule has 1 aliphatic heterocycles. The zero-order chi connectivity index (χ0) is 20.4. The first-order valence-electron chi connectivity index (χ1n) is 10.3. The molecule has 4 nitrogen and oxygen atoms in total. The first kappa shape index (κ1) is 19.3. The number of hydrogen-bond donors (Lipinski definition) is 0. The smallest absolute Gasteiger partial charge is 0.222 e. The van der Waals surface area contributed by atoms with Gasteiger partial charge in [0.2, 0.25) is 5.91 Å². The van der Waals surface area contributed by atoms with E-state index in [2.05, 4.69) is 17.1 Å². The highest BCUT2D eigenvalue weighted by Gasteiger charge is 2.38. The number of carbonyl (C=O) groups is 2. The molecule has 0 N–H and O–H groups in total. The van der Waals surface area contributed by atoms with Crippen molar-refractivity contribution >= 4 is 22.6 Å². The summed E-state index contributed by atoms with van der Waals surface area (Å²) in [7, 11) is 0. The number of ketones is 1. The van der Waals surface area contributed by atoms with Gasteiger partial charge < -0.3 is 4.90 Å². The molecule has 1 saturated heterocycles.